The van der Waals surface area contributed by atoms with Crippen molar-refractivity contribution in [2.75, 3.05) is 31.5 Å². The van der Waals surface area contributed by atoms with Gasteiger partial charge in [0.25, 0.3) is 0 Å². The lowest BCUT2D eigenvalue weighted by Crippen LogP contribution is -2.29. The van der Waals surface area contributed by atoms with Gasteiger partial charge in [-0.25, -0.2) is 4.98 Å². The maximum Gasteiger partial charge on any atom is 0.145 e. The predicted octanol–water partition coefficient (Wildman–Crippen LogP) is 2.77. The van der Waals surface area contributed by atoms with Crippen LogP contribution in [-0.4, -0.2) is 41.0 Å². The van der Waals surface area contributed by atoms with Crippen LogP contribution in [0.25, 0.3) is 11.0 Å². The Bertz CT molecular complexity index is 563. The van der Waals surface area contributed by atoms with Crippen LogP contribution in [0.3, 0.4) is 0 Å². The quantitative estimate of drug-likeness (QED) is 0.907. The van der Waals surface area contributed by atoms with Crippen molar-refractivity contribution < 1.29 is 0 Å². The summed E-state index contributed by atoms with van der Waals surface area (Å²) in [4.78, 5) is 11.6. The third-order valence-electron chi connectivity index (χ3n) is 3.85. The van der Waals surface area contributed by atoms with Crippen LogP contribution in [0.4, 0.5) is 5.82 Å². The summed E-state index contributed by atoms with van der Waals surface area (Å²) in [6, 6.07) is 7.97. The monoisotopic (exact) mass is 270 g/mol. The summed E-state index contributed by atoms with van der Waals surface area (Å²) in [6.07, 6.45) is 4.54. The number of nitrogens with zero attached hydrogens (tertiary/aromatic N) is 3. The van der Waals surface area contributed by atoms with E-state index in [2.05, 4.69) is 27.1 Å². The fourth-order valence-corrected chi connectivity index (χ4v) is 2.79. The second kappa shape index (κ2) is 6.18. The molecule has 0 amide bonds. The molecular weight excluding hydrogens is 248 g/mol. The fraction of sp³-hybridized carbons (Fsp3) is 0.500. The summed E-state index contributed by atoms with van der Waals surface area (Å²) in [5.74, 6) is 1.50. The maximum atomic E-state index is 4.59. The highest BCUT2D eigenvalue weighted by atomic mass is 15.1. The number of aromatic nitrogens is 2. The predicted molar refractivity (Wildman–Crippen MR) is 82.9 cm³/mol. The van der Waals surface area contributed by atoms with Gasteiger partial charge >= 0.3 is 0 Å². The molecule has 0 saturated carbocycles. The molecule has 20 heavy (non-hydrogen) atoms. The summed E-state index contributed by atoms with van der Waals surface area (Å²) in [6.45, 7) is 6.94. The number of likely N-dealkylation sites (tertiary alicyclic amines) is 1. The van der Waals surface area contributed by atoms with Crippen molar-refractivity contribution in [2.24, 2.45) is 5.92 Å². The van der Waals surface area contributed by atoms with Crippen LogP contribution < -0.4 is 5.32 Å². The third kappa shape index (κ3) is 3.25. The van der Waals surface area contributed by atoms with Crippen LogP contribution in [0.5, 0.6) is 0 Å². The lowest BCUT2D eigenvalue weighted by atomic mass is 10.1. The first-order chi connectivity index (χ1) is 9.81. The smallest absolute Gasteiger partial charge is 0.145 e. The van der Waals surface area contributed by atoms with Gasteiger partial charge in [-0.3, -0.25) is 4.98 Å². The highest BCUT2D eigenvalue weighted by molar-refractivity contribution is 5.75. The van der Waals surface area contributed by atoms with E-state index >= 15 is 0 Å². The van der Waals surface area contributed by atoms with Crippen LogP contribution in [0.2, 0.25) is 0 Å². The second-order valence-electron chi connectivity index (χ2n) is 5.74. The molecule has 1 saturated heterocycles. The molecule has 1 fully saturated rings. The summed E-state index contributed by atoms with van der Waals surface area (Å²) in [5, 5.41) is 3.41. The molecule has 4 heteroatoms. The van der Waals surface area contributed by atoms with Gasteiger partial charge in [0.2, 0.25) is 0 Å². The van der Waals surface area contributed by atoms with Gasteiger partial charge in [0.15, 0.2) is 0 Å². The molecule has 0 spiro atoms. The number of fused-ring (bicyclic) bond motifs is 1. The molecule has 2 aromatic rings. The van der Waals surface area contributed by atoms with Gasteiger partial charge in [-0.1, -0.05) is 19.1 Å². The second-order valence-corrected chi connectivity index (χ2v) is 5.74. The molecule has 1 aliphatic rings. The summed E-state index contributed by atoms with van der Waals surface area (Å²) in [5.41, 5.74) is 1.90. The van der Waals surface area contributed by atoms with E-state index in [4.69, 9.17) is 0 Å². The first-order valence-corrected chi connectivity index (χ1v) is 7.49. The van der Waals surface area contributed by atoms with Gasteiger partial charge < -0.3 is 10.2 Å². The molecule has 0 bridgehead atoms. The molecular formula is C16H22N4. The van der Waals surface area contributed by atoms with Gasteiger partial charge in [0.1, 0.15) is 5.82 Å². The van der Waals surface area contributed by atoms with E-state index in [9.17, 15) is 0 Å². The summed E-state index contributed by atoms with van der Waals surface area (Å²) in [7, 11) is 0. The highest BCUT2D eigenvalue weighted by Gasteiger charge is 2.14. The maximum absolute atomic E-state index is 4.59. The standard InChI is InChI=1S/C16H22N4/c1-13(12-20-8-4-5-9-20)10-18-16-11-17-14-6-2-3-7-15(14)19-16/h2-3,6-7,11,13H,4-5,8-10,12H2,1H3,(H,18,19). The van der Waals surface area contributed by atoms with Gasteiger partial charge in [0, 0.05) is 13.1 Å². The van der Waals surface area contributed by atoms with E-state index in [0.29, 0.717) is 5.92 Å². The van der Waals surface area contributed by atoms with Crippen LogP contribution in [-0.2, 0) is 0 Å². The molecule has 4 nitrogen and oxygen atoms in total. The Balaban J connectivity index is 1.56. The Labute approximate surface area is 120 Å². The van der Waals surface area contributed by atoms with Crippen LogP contribution in [0.1, 0.15) is 19.8 Å². The number of nitrogens with one attached hydrogen (secondary N) is 1. The van der Waals surface area contributed by atoms with E-state index in [1.165, 1.54) is 32.5 Å². The topological polar surface area (TPSA) is 41.1 Å². The molecule has 1 aromatic heterocycles. The van der Waals surface area contributed by atoms with Gasteiger partial charge in [0.05, 0.1) is 17.2 Å². The van der Waals surface area contributed by atoms with Crippen molar-refractivity contribution in [3.05, 3.63) is 30.5 Å². The number of anilines is 1. The molecule has 2 heterocycles. The number of rotatable bonds is 5. The SMILES string of the molecule is CC(CNc1cnc2ccccc2n1)CN1CCCC1. The average Bonchev–Trinajstić information content (AvgIpc) is 2.98. The van der Waals surface area contributed by atoms with Gasteiger partial charge in [-0.15, -0.1) is 0 Å². The molecule has 1 atom stereocenters. The van der Waals surface area contributed by atoms with Crippen LogP contribution >= 0.6 is 0 Å². The Morgan fingerprint density at radius 3 is 2.75 bits per heavy atom. The zero-order chi connectivity index (χ0) is 13.8. The lowest BCUT2D eigenvalue weighted by molar-refractivity contribution is 0.294. The zero-order valence-electron chi connectivity index (χ0n) is 12.0. The molecule has 1 aliphatic heterocycles. The Morgan fingerprint density at radius 1 is 1.20 bits per heavy atom. The van der Waals surface area contributed by atoms with E-state index in [1.807, 2.05) is 30.5 Å². The van der Waals surface area contributed by atoms with Gasteiger partial charge in [-0.05, 0) is 44.0 Å². The molecule has 3 rings (SSSR count). The van der Waals surface area contributed by atoms with Crippen molar-refractivity contribution in [2.45, 2.75) is 19.8 Å². The van der Waals surface area contributed by atoms with Crippen molar-refractivity contribution >= 4 is 16.9 Å². The number of benzene rings is 1. The van der Waals surface area contributed by atoms with Crippen LogP contribution in [0.15, 0.2) is 30.5 Å². The number of para-hydroxylation sites is 2. The van der Waals surface area contributed by atoms with Crippen molar-refractivity contribution in [3.8, 4) is 0 Å². The molecule has 1 unspecified atom stereocenters. The van der Waals surface area contributed by atoms with Crippen molar-refractivity contribution in [1.82, 2.24) is 14.9 Å². The highest BCUT2D eigenvalue weighted by Crippen LogP contribution is 2.13. The minimum absolute atomic E-state index is 0.626. The minimum atomic E-state index is 0.626. The Hall–Kier alpha value is -1.68. The largest absolute Gasteiger partial charge is 0.368 e. The lowest BCUT2D eigenvalue weighted by Gasteiger charge is -2.20. The third-order valence-corrected chi connectivity index (χ3v) is 3.85. The van der Waals surface area contributed by atoms with E-state index in [1.54, 1.807) is 0 Å². The van der Waals surface area contributed by atoms with E-state index < -0.39 is 0 Å². The zero-order valence-corrected chi connectivity index (χ0v) is 12.0. The van der Waals surface area contributed by atoms with Crippen molar-refractivity contribution in [1.29, 1.82) is 0 Å². The first-order valence-electron chi connectivity index (χ1n) is 7.49. The Kier molecular flexibility index (Phi) is 4.11. The Morgan fingerprint density at radius 2 is 1.95 bits per heavy atom. The summed E-state index contributed by atoms with van der Waals surface area (Å²) < 4.78 is 0. The van der Waals surface area contributed by atoms with E-state index in [-0.39, 0.29) is 0 Å². The van der Waals surface area contributed by atoms with Crippen LogP contribution in [0, 0.1) is 5.92 Å². The van der Waals surface area contributed by atoms with E-state index in [0.717, 1.165) is 23.4 Å². The molecule has 106 valence electrons. The fourth-order valence-electron chi connectivity index (χ4n) is 2.79. The first kappa shape index (κ1) is 13.3. The number of hydrogen-bond donors (Lipinski definition) is 1. The number of hydrogen-bond acceptors (Lipinski definition) is 4. The normalized spacial score (nSPS) is 17.4. The van der Waals surface area contributed by atoms with Crippen molar-refractivity contribution in [3.63, 3.8) is 0 Å². The van der Waals surface area contributed by atoms with Gasteiger partial charge in [-0.2, -0.15) is 0 Å². The minimum Gasteiger partial charge on any atom is -0.368 e. The summed E-state index contributed by atoms with van der Waals surface area (Å²) >= 11 is 0. The molecule has 0 radical (unpaired) electrons. The molecule has 0 aliphatic carbocycles. The molecule has 1 N–H and O–H groups in total. The molecule has 1 aromatic carbocycles. The average molecular weight is 270 g/mol.